The van der Waals surface area contributed by atoms with Crippen molar-refractivity contribution in [3.63, 3.8) is 0 Å². The maximum absolute atomic E-state index is 12.4. The van der Waals surface area contributed by atoms with Gasteiger partial charge in [0, 0.05) is 45.1 Å². The number of amides is 1. The lowest BCUT2D eigenvalue weighted by Crippen LogP contribution is -2.49. The number of oxime groups is 1. The number of hydrogen-bond donors (Lipinski definition) is 0. The van der Waals surface area contributed by atoms with E-state index in [1.54, 1.807) is 12.4 Å². The van der Waals surface area contributed by atoms with Crippen LogP contribution in [0.15, 0.2) is 66.6 Å². The maximum Gasteiger partial charge on any atom is 0.260 e. The fourth-order valence-electron chi connectivity index (χ4n) is 3.33. The van der Waals surface area contributed by atoms with Crippen molar-refractivity contribution < 1.29 is 14.4 Å². The minimum absolute atomic E-state index is 0.0163. The molecule has 0 radical (unpaired) electrons. The summed E-state index contributed by atoms with van der Waals surface area (Å²) in [5.41, 5.74) is 2.84. The third kappa shape index (κ3) is 6.93. The van der Waals surface area contributed by atoms with Crippen LogP contribution in [0.4, 0.5) is 0 Å². The molecule has 1 fully saturated rings. The van der Waals surface area contributed by atoms with Crippen LogP contribution in [0.3, 0.4) is 0 Å². The summed E-state index contributed by atoms with van der Waals surface area (Å²) in [6.07, 6.45) is 6.10. The molecule has 3 rings (SSSR count). The number of rotatable bonds is 10. The van der Waals surface area contributed by atoms with Crippen LogP contribution in [0.1, 0.15) is 24.5 Å². The van der Waals surface area contributed by atoms with Gasteiger partial charge in [0.2, 0.25) is 0 Å². The number of carbonyl (C=O) groups is 1. The lowest BCUT2D eigenvalue weighted by Gasteiger charge is -2.34. The molecule has 1 amide bonds. The first-order valence-electron chi connectivity index (χ1n) is 10.6. The highest BCUT2D eigenvalue weighted by Gasteiger charge is 2.20. The first kappa shape index (κ1) is 22.5. The summed E-state index contributed by atoms with van der Waals surface area (Å²) in [6.45, 7) is 10.3. The Bertz CT molecular complexity index is 860. The molecule has 2 heterocycles. The molecule has 2 aromatic rings. The van der Waals surface area contributed by atoms with Gasteiger partial charge in [0.05, 0.1) is 5.71 Å². The summed E-state index contributed by atoms with van der Waals surface area (Å²) in [7, 11) is 0. The van der Waals surface area contributed by atoms with Crippen LogP contribution in [-0.4, -0.2) is 65.7 Å². The van der Waals surface area contributed by atoms with Gasteiger partial charge in [0.25, 0.3) is 5.91 Å². The van der Waals surface area contributed by atoms with E-state index >= 15 is 0 Å². The zero-order valence-corrected chi connectivity index (χ0v) is 18.1. The van der Waals surface area contributed by atoms with Crippen LogP contribution in [0.25, 0.3) is 0 Å². The minimum Gasteiger partial charge on any atom is -0.484 e. The largest absolute Gasteiger partial charge is 0.484 e. The Morgan fingerprint density at radius 3 is 2.48 bits per heavy atom. The molecule has 0 N–H and O–H groups in total. The van der Waals surface area contributed by atoms with Gasteiger partial charge in [-0.2, -0.15) is 0 Å². The van der Waals surface area contributed by atoms with Crippen LogP contribution in [0, 0.1) is 0 Å². The van der Waals surface area contributed by atoms with Crippen molar-refractivity contribution in [1.29, 1.82) is 0 Å². The Morgan fingerprint density at radius 1 is 1.13 bits per heavy atom. The monoisotopic (exact) mass is 422 g/mol. The van der Waals surface area contributed by atoms with E-state index in [1.165, 1.54) is 0 Å². The van der Waals surface area contributed by atoms with Crippen molar-refractivity contribution in [2.75, 3.05) is 39.3 Å². The second-order valence-corrected chi connectivity index (χ2v) is 7.30. The summed E-state index contributed by atoms with van der Waals surface area (Å²) in [5, 5.41) is 4.28. The Labute approximate surface area is 184 Å². The Balaban J connectivity index is 1.47. The van der Waals surface area contributed by atoms with Crippen molar-refractivity contribution in [2.24, 2.45) is 5.16 Å². The van der Waals surface area contributed by atoms with E-state index in [2.05, 4.69) is 21.6 Å². The molecule has 7 nitrogen and oxygen atoms in total. The lowest BCUT2D eigenvalue weighted by molar-refractivity contribution is -0.135. The van der Waals surface area contributed by atoms with Crippen LogP contribution >= 0.6 is 0 Å². The number of ether oxygens (including phenoxy) is 1. The third-order valence-corrected chi connectivity index (χ3v) is 5.15. The highest BCUT2D eigenvalue weighted by atomic mass is 16.6. The number of hydrogen-bond acceptors (Lipinski definition) is 6. The minimum atomic E-state index is 0.0163. The van der Waals surface area contributed by atoms with Gasteiger partial charge in [-0.1, -0.05) is 18.2 Å². The Kier molecular flexibility index (Phi) is 8.60. The standard InChI is InChI=1S/C24H30N4O3/c1-3-13-27-14-16-28(17-15-27)24(29)19-30-22-7-5-21(6-8-22)23(4-2)26-31-18-20-9-11-25-12-10-20/h3,5-12H,1,4,13-19H2,2H3. The number of piperazine rings is 1. The zero-order valence-electron chi connectivity index (χ0n) is 18.1. The number of pyridine rings is 1. The molecule has 1 aliphatic heterocycles. The Hall–Kier alpha value is -3.19. The summed E-state index contributed by atoms with van der Waals surface area (Å²) in [5.74, 6) is 0.679. The molecule has 1 aliphatic rings. The molecule has 31 heavy (non-hydrogen) atoms. The van der Waals surface area contributed by atoms with Crippen molar-refractivity contribution in [3.8, 4) is 5.75 Å². The SMILES string of the molecule is C=CCN1CCN(C(=O)COc2ccc(C(CC)=NOCc3ccncc3)cc2)CC1. The molecular weight excluding hydrogens is 392 g/mol. The highest BCUT2D eigenvalue weighted by molar-refractivity contribution is 6.00. The molecule has 7 heteroatoms. The second kappa shape index (κ2) is 11.9. The van der Waals surface area contributed by atoms with E-state index in [4.69, 9.17) is 9.57 Å². The molecule has 0 spiro atoms. The molecule has 1 aromatic carbocycles. The normalized spacial score (nSPS) is 14.9. The molecule has 1 saturated heterocycles. The number of benzene rings is 1. The first-order valence-corrected chi connectivity index (χ1v) is 10.6. The van der Waals surface area contributed by atoms with E-state index in [0.717, 1.165) is 56.0 Å². The number of carbonyl (C=O) groups excluding carboxylic acids is 1. The van der Waals surface area contributed by atoms with E-state index in [9.17, 15) is 4.79 Å². The summed E-state index contributed by atoms with van der Waals surface area (Å²) in [6, 6.07) is 11.4. The van der Waals surface area contributed by atoms with Gasteiger partial charge in [-0.3, -0.25) is 14.7 Å². The first-order chi connectivity index (χ1) is 15.2. The van der Waals surface area contributed by atoms with Crippen molar-refractivity contribution in [2.45, 2.75) is 20.0 Å². The number of nitrogens with zero attached hydrogens (tertiary/aromatic N) is 4. The summed E-state index contributed by atoms with van der Waals surface area (Å²) >= 11 is 0. The molecule has 1 aromatic heterocycles. The topological polar surface area (TPSA) is 67.3 Å². The highest BCUT2D eigenvalue weighted by Crippen LogP contribution is 2.15. The summed E-state index contributed by atoms with van der Waals surface area (Å²) < 4.78 is 5.70. The lowest BCUT2D eigenvalue weighted by atomic mass is 10.1. The van der Waals surface area contributed by atoms with Gasteiger partial charge in [-0.05, 0) is 53.9 Å². The quantitative estimate of drug-likeness (QED) is 0.334. The predicted octanol–water partition coefficient (Wildman–Crippen LogP) is 3.12. The molecule has 0 bridgehead atoms. The van der Waals surface area contributed by atoms with Gasteiger partial charge in [-0.15, -0.1) is 6.58 Å². The predicted molar refractivity (Wildman–Crippen MR) is 121 cm³/mol. The van der Waals surface area contributed by atoms with E-state index in [-0.39, 0.29) is 12.5 Å². The molecule has 164 valence electrons. The Morgan fingerprint density at radius 2 is 1.84 bits per heavy atom. The average Bonchev–Trinajstić information content (AvgIpc) is 2.82. The van der Waals surface area contributed by atoms with Crippen molar-refractivity contribution in [1.82, 2.24) is 14.8 Å². The van der Waals surface area contributed by atoms with Crippen LogP contribution < -0.4 is 4.74 Å². The molecule has 0 unspecified atom stereocenters. The smallest absolute Gasteiger partial charge is 0.260 e. The van der Waals surface area contributed by atoms with Gasteiger partial charge in [-0.25, -0.2) is 0 Å². The van der Waals surface area contributed by atoms with Crippen molar-refractivity contribution in [3.05, 3.63) is 72.6 Å². The fourth-order valence-corrected chi connectivity index (χ4v) is 3.33. The summed E-state index contributed by atoms with van der Waals surface area (Å²) in [4.78, 5) is 26.0. The van der Waals surface area contributed by atoms with Gasteiger partial charge >= 0.3 is 0 Å². The van der Waals surface area contributed by atoms with Crippen molar-refractivity contribution >= 4 is 11.6 Å². The van der Waals surface area contributed by atoms with Crippen LogP contribution in [-0.2, 0) is 16.2 Å². The van der Waals surface area contributed by atoms with Gasteiger partial charge in [0.15, 0.2) is 6.61 Å². The maximum atomic E-state index is 12.4. The molecule has 0 saturated carbocycles. The molecule has 0 aliphatic carbocycles. The molecule has 0 atom stereocenters. The van der Waals surface area contributed by atoms with E-state index in [1.807, 2.05) is 54.3 Å². The molecular formula is C24H30N4O3. The van der Waals surface area contributed by atoms with Crippen LogP contribution in [0.2, 0.25) is 0 Å². The average molecular weight is 423 g/mol. The van der Waals surface area contributed by atoms with E-state index in [0.29, 0.717) is 12.4 Å². The van der Waals surface area contributed by atoms with E-state index < -0.39 is 0 Å². The zero-order chi connectivity index (χ0) is 21.9. The van der Waals surface area contributed by atoms with Crippen LogP contribution in [0.5, 0.6) is 5.75 Å². The second-order valence-electron chi connectivity index (χ2n) is 7.30. The number of aromatic nitrogens is 1. The van der Waals surface area contributed by atoms with Gasteiger partial charge in [0.1, 0.15) is 12.4 Å². The van der Waals surface area contributed by atoms with Gasteiger partial charge < -0.3 is 14.5 Å². The fraction of sp³-hybridized carbons (Fsp3) is 0.375. The third-order valence-electron chi connectivity index (χ3n) is 5.15.